The molecule has 178 valence electrons. The lowest BCUT2D eigenvalue weighted by molar-refractivity contribution is -0.384. The number of nitro groups is 1. The average molecular weight is 465 g/mol. The molecule has 0 spiro atoms. The highest BCUT2D eigenvalue weighted by Crippen LogP contribution is 2.37. The van der Waals surface area contributed by atoms with Crippen LogP contribution in [0.25, 0.3) is 10.9 Å². The summed E-state index contributed by atoms with van der Waals surface area (Å²) in [6.45, 7) is 6.76. The molecule has 5 rings (SSSR count). The molecule has 1 N–H and O–H groups in total. The van der Waals surface area contributed by atoms with Crippen LogP contribution in [0, 0.1) is 10.1 Å². The number of benzene rings is 2. The molecule has 0 saturated carbocycles. The van der Waals surface area contributed by atoms with Crippen LogP contribution in [0.3, 0.4) is 0 Å². The zero-order valence-electron chi connectivity index (χ0n) is 19.2. The summed E-state index contributed by atoms with van der Waals surface area (Å²) in [5.74, 6) is 2.18. The molecule has 2 aromatic carbocycles. The fourth-order valence-electron chi connectivity index (χ4n) is 4.49. The van der Waals surface area contributed by atoms with Gasteiger partial charge in [0.15, 0.2) is 11.5 Å². The van der Waals surface area contributed by atoms with Gasteiger partial charge in [-0.05, 0) is 30.2 Å². The van der Waals surface area contributed by atoms with Crippen molar-refractivity contribution in [1.82, 2.24) is 15.3 Å². The maximum absolute atomic E-state index is 12.0. The first kappa shape index (κ1) is 22.1. The fraction of sp³-hybridized carbons (Fsp3) is 0.417. The van der Waals surface area contributed by atoms with Crippen LogP contribution in [-0.2, 0) is 6.54 Å². The smallest absolute Gasteiger partial charge is 0.293 e. The molecule has 0 aliphatic carbocycles. The van der Waals surface area contributed by atoms with Crippen molar-refractivity contribution < 1.29 is 14.4 Å². The number of anilines is 2. The molecule has 2 aliphatic heterocycles. The van der Waals surface area contributed by atoms with E-state index in [0.29, 0.717) is 29.0 Å². The Balaban J connectivity index is 1.55. The summed E-state index contributed by atoms with van der Waals surface area (Å²) in [6.07, 6.45) is 3.54. The molecule has 1 aromatic heterocycles. The van der Waals surface area contributed by atoms with E-state index in [1.54, 1.807) is 12.4 Å². The van der Waals surface area contributed by atoms with Crippen LogP contribution in [0.4, 0.5) is 17.2 Å². The standard InChI is InChI=1S/C24H28N6O4/c1-2-3-8-29(14-17-4-5-22-23(11-17)34-16-33-22)24-18-12-21(30(31)32)20(13-19(18)26-15-27-24)28-9-6-25-7-10-28/h4-5,11-13,15,25H,2-3,6-10,14,16H2,1H3. The van der Waals surface area contributed by atoms with Crippen molar-refractivity contribution in [3.63, 3.8) is 0 Å². The van der Waals surface area contributed by atoms with Crippen LogP contribution in [0.15, 0.2) is 36.7 Å². The van der Waals surface area contributed by atoms with Gasteiger partial charge in [0.05, 0.1) is 10.4 Å². The van der Waals surface area contributed by atoms with E-state index in [0.717, 1.165) is 62.6 Å². The molecule has 34 heavy (non-hydrogen) atoms. The summed E-state index contributed by atoms with van der Waals surface area (Å²) < 4.78 is 11.0. The van der Waals surface area contributed by atoms with Gasteiger partial charge in [0, 0.05) is 50.7 Å². The molecule has 0 atom stereocenters. The summed E-state index contributed by atoms with van der Waals surface area (Å²) in [7, 11) is 0. The van der Waals surface area contributed by atoms with Gasteiger partial charge < -0.3 is 24.6 Å². The van der Waals surface area contributed by atoms with E-state index >= 15 is 0 Å². The third-order valence-corrected chi connectivity index (χ3v) is 6.26. The van der Waals surface area contributed by atoms with E-state index < -0.39 is 0 Å². The molecule has 1 saturated heterocycles. The van der Waals surface area contributed by atoms with Crippen molar-refractivity contribution in [2.75, 3.05) is 49.3 Å². The molecule has 0 unspecified atom stereocenters. The fourth-order valence-corrected chi connectivity index (χ4v) is 4.49. The van der Waals surface area contributed by atoms with Crippen LogP contribution in [0.5, 0.6) is 11.5 Å². The molecule has 0 bridgehead atoms. The third-order valence-electron chi connectivity index (χ3n) is 6.26. The highest BCUT2D eigenvalue weighted by atomic mass is 16.7. The number of piperazine rings is 1. The minimum Gasteiger partial charge on any atom is -0.454 e. The van der Waals surface area contributed by atoms with E-state index in [1.165, 1.54) is 0 Å². The number of hydrogen-bond acceptors (Lipinski definition) is 9. The van der Waals surface area contributed by atoms with Gasteiger partial charge >= 0.3 is 0 Å². The summed E-state index contributed by atoms with van der Waals surface area (Å²) in [4.78, 5) is 25.0. The quantitative estimate of drug-likeness (QED) is 0.396. The van der Waals surface area contributed by atoms with Crippen molar-refractivity contribution in [2.45, 2.75) is 26.3 Å². The van der Waals surface area contributed by atoms with E-state index in [4.69, 9.17) is 9.47 Å². The molecule has 2 aliphatic rings. The molecule has 0 amide bonds. The average Bonchev–Trinajstić information content (AvgIpc) is 3.34. The lowest BCUT2D eigenvalue weighted by Gasteiger charge is -2.29. The Morgan fingerprint density at radius 3 is 2.76 bits per heavy atom. The predicted molar refractivity (Wildman–Crippen MR) is 130 cm³/mol. The van der Waals surface area contributed by atoms with E-state index in [-0.39, 0.29) is 17.4 Å². The largest absolute Gasteiger partial charge is 0.454 e. The summed E-state index contributed by atoms with van der Waals surface area (Å²) in [5, 5.41) is 16.0. The Bertz CT molecular complexity index is 1200. The maximum atomic E-state index is 12.0. The van der Waals surface area contributed by atoms with Crippen LogP contribution in [0.2, 0.25) is 0 Å². The first-order chi connectivity index (χ1) is 16.6. The monoisotopic (exact) mass is 464 g/mol. The Hall–Kier alpha value is -3.66. The second-order valence-corrected chi connectivity index (χ2v) is 8.51. The molecule has 0 radical (unpaired) electrons. The van der Waals surface area contributed by atoms with Gasteiger partial charge in [-0.25, -0.2) is 9.97 Å². The lowest BCUT2D eigenvalue weighted by atomic mass is 10.1. The molecular weight excluding hydrogens is 436 g/mol. The van der Waals surface area contributed by atoms with Gasteiger partial charge in [-0.15, -0.1) is 0 Å². The van der Waals surface area contributed by atoms with Gasteiger partial charge in [0.25, 0.3) is 5.69 Å². The van der Waals surface area contributed by atoms with Gasteiger partial charge in [0.1, 0.15) is 17.8 Å². The number of ether oxygens (including phenoxy) is 2. The van der Waals surface area contributed by atoms with E-state index in [1.807, 2.05) is 24.3 Å². The van der Waals surface area contributed by atoms with Crippen molar-refractivity contribution in [3.05, 3.63) is 52.3 Å². The second kappa shape index (κ2) is 9.68. The minimum absolute atomic E-state index is 0.0870. The number of rotatable bonds is 8. The third kappa shape index (κ3) is 4.41. The first-order valence-corrected chi connectivity index (χ1v) is 11.7. The van der Waals surface area contributed by atoms with Gasteiger partial charge in [-0.1, -0.05) is 19.4 Å². The Morgan fingerprint density at radius 1 is 1.15 bits per heavy atom. The number of unbranched alkanes of at least 4 members (excludes halogenated alkanes) is 1. The Morgan fingerprint density at radius 2 is 1.97 bits per heavy atom. The molecule has 10 heteroatoms. The number of hydrogen-bond donors (Lipinski definition) is 1. The molecule has 10 nitrogen and oxygen atoms in total. The van der Waals surface area contributed by atoms with Crippen molar-refractivity contribution in [2.24, 2.45) is 0 Å². The van der Waals surface area contributed by atoms with Crippen molar-refractivity contribution in [3.8, 4) is 11.5 Å². The highest BCUT2D eigenvalue weighted by Gasteiger charge is 2.25. The van der Waals surface area contributed by atoms with Gasteiger partial charge in [-0.2, -0.15) is 0 Å². The van der Waals surface area contributed by atoms with Crippen LogP contribution < -0.4 is 24.6 Å². The first-order valence-electron chi connectivity index (χ1n) is 11.7. The minimum atomic E-state index is -0.304. The summed E-state index contributed by atoms with van der Waals surface area (Å²) in [5.41, 5.74) is 2.46. The van der Waals surface area contributed by atoms with Crippen molar-refractivity contribution in [1.29, 1.82) is 0 Å². The number of aromatic nitrogens is 2. The maximum Gasteiger partial charge on any atom is 0.293 e. The molecular formula is C24H28N6O4. The number of fused-ring (bicyclic) bond motifs is 2. The topological polar surface area (TPSA) is 106 Å². The number of nitrogens with zero attached hydrogens (tertiary/aromatic N) is 5. The summed E-state index contributed by atoms with van der Waals surface area (Å²) >= 11 is 0. The SMILES string of the molecule is CCCCN(Cc1ccc2c(c1)OCO2)c1ncnc2cc(N3CCNCC3)c([N+](=O)[O-])cc12. The normalized spacial score (nSPS) is 15.0. The highest BCUT2D eigenvalue weighted by molar-refractivity contribution is 5.95. The van der Waals surface area contributed by atoms with Crippen LogP contribution >= 0.6 is 0 Å². The molecule has 3 heterocycles. The zero-order valence-corrected chi connectivity index (χ0v) is 19.2. The summed E-state index contributed by atoms with van der Waals surface area (Å²) in [6, 6.07) is 9.39. The van der Waals surface area contributed by atoms with Crippen LogP contribution in [-0.4, -0.2) is 54.4 Å². The zero-order chi connectivity index (χ0) is 23.5. The van der Waals surface area contributed by atoms with Gasteiger partial charge in [-0.3, -0.25) is 10.1 Å². The lowest BCUT2D eigenvalue weighted by Crippen LogP contribution is -2.43. The van der Waals surface area contributed by atoms with Crippen LogP contribution in [0.1, 0.15) is 25.3 Å². The molecule has 1 fully saturated rings. The number of nitro benzene ring substituents is 1. The Kier molecular flexibility index (Phi) is 6.31. The van der Waals surface area contributed by atoms with Crippen molar-refractivity contribution >= 4 is 28.1 Å². The Labute approximate surface area is 197 Å². The van der Waals surface area contributed by atoms with E-state index in [2.05, 4.69) is 32.0 Å². The number of nitrogens with one attached hydrogen (secondary N) is 1. The van der Waals surface area contributed by atoms with E-state index in [9.17, 15) is 10.1 Å². The second-order valence-electron chi connectivity index (χ2n) is 8.51. The predicted octanol–water partition coefficient (Wildman–Crippen LogP) is 3.48. The molecule has 3 aromatic rings. The van der Waals surface area contributed by atoms with Gasteiger partial charge in [0.2, 0.25) is 6.79 Å².